The molecule has 0 radical (unpaired) electrons. The fourth-order valence-corrected chi connectivity index (χ4v) is 2.21. The summed E-state index contributed by atoms with van der Waals surface area (Å²) in [5.41, 5.74) is 6.78. The van der Waals surface area contributed by atoms with E-state index in [9.17, 15) is 0 Å². The van der Waals surface area contributed by atoms with Gasteiger partial charge in [-0.25, -0.2) is 9.97 Å². The van der Waals surface area contributed by atoms with E-state index in [1.165, 1.54) is 0 Å². The lowest BCUT2D eigenvalue weighted by Gasteiger charge is -2.12. The molecule has 2 N–H and O–H groups in total. The van der Waals surface area contributed by atoms with Crippen LogP contribution < -0.4 is 15.2 Å². The first kappa shape index (κ1) is 13.2. The number of nitrogens with two attached hydrogens (primary N) is 1. The van der Waals surface area contributed by atoms with Crippen LogP contribution in [0.1, 0.15) is 5.82 Å². The predicted octanol–water partition coefficient (Wildman–Crippen LogP) is 3.32. The van der Waals surface area contributed by atoms with Crippen LogP contribution in [-0.4, -0.2) is 17.1 Å². The van der Waals surface area contributed by atoms with E-state index in [0.29, 0.717) is 34.3 Å². The molecule has 0 aliphatic heterocycles. The molecule has 2 aromatic carbocycles. The number of hydrogen-bond donors (Lipinski definition) is 1. The Labute approximate surface area is 122 Å². The number of aromatic nitrogens is 2. The van der Waals surface area contributed by atoms with Crippen molar-refractivity contribution >= 4 is 16.7 Å². The van der Waals surface area contributed by atoms with Crippen LogP contribution in [0.25, 0.3) is 10.9 Å². The number of anilines is 1. The molecular formula is C16H15N3O2. The SMILES string of the molecule is COc1ccccc1Oc1cccc2nc(C)nc(N)c12. The number of aryl methyl sites for hydroxylation is 1. The summed E-state index contributed by atoms with van der Waals surface area (Å²) in [5.74, 6) is 2.92. The van der Waals surface area contributed by atoms with Crippen molar-refractivity contribution in [2.45, 2.75) is 6.92 Å². The standard InChI is InChI=1S/C16H15N3O2/c1-10-18-11-6-5-9-14(15(11)16(17)19-10)21-13-8-4-3-7-12(13)20-2/h3-9H,1-2H3,(H2,17,18,19). The van der Waals surface area contributed by atoms with Gasteiger partial charge in [0.05, 0.1) is 18.0 Å². The van der Waals surface area contributed by atoms with Gasteiger partial charge in [0.2, 0.25) is 0 Å². The van der Waals surface area contributed by atoms with Crippen LogP contribution in [0.2, 0.25) is 0 Å². The van der Waals surface area contributed by atoms with Crippen molar-refractivity contribution in [3.05, 3.63) is 48.3 Å². The zero-order valence-electron chi connectivity index (χ0n) is 11.8. The van der Waals surface area contributed by atoms with Crippen molar-refractivity contribution in [1.82, 2.24) is 9.97 Å². The Bertz CT molecular complexity index is 803. The average Bonchev–Trinajstić information content (AvgIpc) is 2.47. The van der Waals surface area contributed by atoms with Crippen LogP contribution in [0.5, 0.6) is 17.2 Å². The van der Waals surface area contributed by atoms with E-state index < -0.39 is 0 Å². The van der Waals surface area contributed by atoms with Gasteiger partial charge >= 0.3 is 0 Å². The Kier molecular flexibility index (Phi) is 3.31. The van der Waals surface area contributed by atoms with Gasteiger partial charge < -0.3 is 15.2 Å². The van der Waals surface area contributed by atoms with Crippen LogP contribution in [0.15, 0.2) is 42.5 Å². The number of methoxy groups -OCH3 is 1. The lowest BCUT2D eigenvalue weighted by Crippen LogP contribution is -1.99. The van der Waals surface area contributed by atoms with Crippen molar-refractivity contribution in [3.63, 3.8) is 0 Å². The topological polar surface area (TPSA) is 70.3 Å². The highest BCUT2D eigenvalue weighted by atomic mass is 16.5. The molecule has 0 saturated heterocycles. The van der Waals surface area contributed by atoms with Gasteiger partial charge in [0, 0.05) is 0 Å². The van der Waals surface area contributed by atoms with E-state index in [0.717, 1.165) is 5.52 Å². The highest BCUT2D eigenvalue weighted by Crippen LogP contribution is 2.36. The first-order chi connectivity index (χ1) is 10.2. The third-order valence-corrected chi connectivity index (χ3v) is 3.11. The van der Waals surface area contributed by atoms with Crippen molar-refractivity contribution in [2.75, 3.05) is 12.8 Å². The van der Waals surface area contributed by atoms with Crippen LogP contribution in [-0.2, 0) is 0 Å². The summed E-state index contributed by atoms with van der Waals surface area (Å²) in [6.07, 6.45) is 0. The zero-order chi connectivity index (χ0) is 14.8. The lowest BCUT2D eigenvalue weighted by atomic mass is 10.2. The number of hydrogen-bond acceptors (Lipinski definition) is 5. The summed E-state index contributed by atoms with van der Waals surface area (Å²) in [4.78, 5) is 8.58. The third-order valence-electron chi connectivity index (χ3n) is 3.11. The number of fused-ring (bicyclic) bond motifs is 1. The monoisotopic (exact) mass is 281 g/mol. The van der Waals surface area contributed by atoms with Gasteiger partial charge in [-0.15, -0.1) is 0 Å². The Morgan fingerprint density at radius 3 is 2.38 bits per heavy atom. The van der Waals surface area contributed by atoms with E-state index in [-0.39, 0.29) is 0 Å². The fraction of sp³-hybridized carbons (Fsp3) is 0.125. The molecule has 0 spiro atoms. The molecule has 0 atom stereocenters. The van der Waals surface area contributed by atoms with E-state index in [1.807, 2.05) is 49.4 Å². The molecule has 5 nitrogen and oxygen atoms in total. The van der Waals surface area contributed by atoms with E-state index in [4.69, 9.17) is 15.2 Å². The Morgan fingerprint density at radius 1 is 0.905 bits per heavy atom. The van der Waals surface area contributed by atoms with Crippen molar-refractivity contribution in [2.24, 2.45) is 0 Å². The zero-order valence-corrected chi connectivity index (χ0v) is 11.8. The molecule has 5 heteroatoms. The van der Waals surface area contributed by atoms with Crippen LogP contribution in [0, 0.1) is 6.92 Å². The Hall–Kier alpha value is -2.82. The molecule has 0 aliphatic rings. The minimum absolute atomic E-state index is 0.406. The first-order valence-electron chi connectivity index (χ1n) is 6.53. The number of benzene rings is 2. The maximum Gasteiger partial charge on any atom is 0.169 e. The molecule has 0 aliphatic carbocycles. The lowest BCUT2D eigenvalue weighted by molar-refractivity contribution is 0.380. The molecule has 3 rings (SSSR count). The Balaban J connectivity index is 2.13. The predicted molar refractivity (Wildman–Crippen MR) is 81.8 cm³/mol. The second-order valence-corrected chi connectivity index (χ2v) is 4.56. The van der Waals surface area contributed by atoms with Crippen LogP contribution in [0.4, 0.5) is 5.82 Å². The van der Waals surface area contributed by atoms with Crippen molar-refractivity contribution in [3.8, 4) is 17.2 Å². The summed E-state index contributed by atoms with van der Waals surface area (Å²) in [6, 6.07) is 13.0. The number of rotatable bonds is 3. The largest absolute Gasteiger partial charge is 0.493 e. The molecule has 106 valence electrons. The fourth-order valence-electron chi connectivity index (χ4n) is 2.21. The normalized spacial score (nSPS) is 10.6. The molecule has 21 heavy (non-hydrogen) atoms. The second kappa shape index (κ2) is 5.28. The number of nitrogen functional groups attached to an aromatic ring is 1. The minimum atomic E-state index is 0.406. The molecule has 0 unspecified atom stereocenters. The second-order valence-electron chi connectivity index (χ2n) is 4.56. The summed E-state index contributed by atoms with van der Waals surface area (Å²) >= 11 is 0. The van der Waals surface area contributed by atoms with Crippen LogP contribution in [0.3, 0.4) is 0 Å². The van der Waals surface area contributed by atoms with Gasteiger partial charge in [0.15, 0.2) is 11.5 Å². The first-order valence-corrected chi connectivity index (χ1v) is 6.53. The molecule has 1 aromatic heterocycles. The van der Waals surface area contributed by atoms with Crippen molar-refractivity contribution in [1.29, 1.82) is 0 Å². The van der Waals surface area contributed by atoms with Gasteiger partial charge in [-0.3, -0.25) is 0 Å². The molecule has 0 bridgehead atoms. The molecule has 0 fully saturated rings. The summed E-state index contributed by atoms with van der Waals surface area (Å²) in [7, 11) is 1.60. The van der Waals surface area contributed by atoms with E-state index in [1.54, 1.807) is 7.11 Å². The highest BCUT2D eigenvalue weighted by molar-refractivity contribution is 5.93. The van der Waals surface area contributed by atoms with Crippen LogP contribution >= 0.6 is 0 Å². The minimum Gasteiger partial charge on any atom is -0.493 e. The molecule has 0 saturated carbocycles. The summed E-state index contributed by atoms with van der Waals surface area (Å²) in [5, 5.41) is 0.703. The molecule has 0 amide bonds. The highest BCUT2D eigenvalue weighted by Gasteiger charge is 2.11. The molecule has 1 heterocycles. The van der Waals surface area contributed by atoms with Crippen molar-refractivity contribution < 1.29 is 9.47 Å². The van der Waals surface area contributed by atoms with E-state index in [2.05, 4.69) is 9.97 Å². The maximum atomic E-state index is 6.02. The van der Waals surface area contributed by atoms with Gasteiger partial charge in [0.1, 0.15) is 17.4 Å². The molecular weight excluding hydrogens is 266 g/mol. The number of para-hydroxylation sites is 2. The van der Waals surface area contributed by atoms with Gasteiger partial charge in [-0.05, 0) is 31.2 Å². The quantitative estimate of drug-likeness (QED) is 0.797. The van der Waals surface area contributed by atoms with E-state index >= 15 is 0 Å². The summed E-state index contributed by atoms with van der Waals surface area (Å²) in [6.45, 7) is 1.81. The average molecular weight is 281 g/mol. The third kappa shape index (κ3) is 2.45. The van der Waals surface area contributed by atoms with Gasteiger partial charge in [0.25, 0.3) is 0 Å². The number of nitrogens with zero attached hydrogens (tertiary/aromatic N) is 2. The summed E-state index contributed by atoms with van der Waals surface area (Å²) < 4.78 is 11.2. The smallest absolute Gasteiger partial charge is 0.169 e. The van der Waals surface area contributed by atoms with Gasteiger partial charge in [-0.1, -0.05) is 18.2 Å². The molecule has 3 aromatic rings. The van der Waals surface area contributed by atoms with Gasteiger partial charge in [-0.2, -0.15) is 0 Å². The number of ether oxygens (including phenoxy) is 2. The Morgan fingerprint density at radius 2 is 1.62 bits per heavy atom. The maximum absolute atomic E-state index is 6.02.